The minimum absolute atomic E-state index is 0.507. The van der Waals surface area contributed by atoms with Gasteiger partial charge in [0.1, 0.15) is 12.4 Å². The van der Waals surface area contributed by atoms with Crippen LogP contribution in [0, 0.1) is 0 Å². The number of hydrogen-bond acceptors (Lipinski definition) is 4. The molecule has 0 fully saturated rings. The minimum atomic E-state index is 0.507. The fourth-order valence-corrected chi connectivity index (χ4v) is 3.54. The molecule has 0 aromatic heterocycles. The van der Waals surface area contributed by atoms with Gasteiger partial charge in [-0.25, -0.2) is 0 Å². The molecule has 0 aliphatic carbocycles. The molecule has 30 heavy (non-hydrogen) atoms. The quantitative estimate of drug-likeness (QED) is 0.362. The maximum atomic E-state index is 6.03. The van der Waals surface area contributed by atoms with Crippen molar-refractivity contribution in [2.24, 2.45) is 0 Å². The molecule has 0 unspecified atom stereocenters. The smallest absolute Gasteiger partial charge is 0.162 e. The molecular formula is C25H28BrNO3. The third kappa shape index (κ3) is 6.51. The third-order valence-corrected chi connectivity index (χ3v) is 5.45. The van der Waals surface area contributed by atoms with Crippen molar-refractivity contribution in [2.75, 3.05) is 20.3 Å². The highest BCUT2D eigenvalue weighted by atomic mass is 79.9. The van der Waals surface area contributed by atoms with Crippen LogP contribution in [0.2, 0.25) is 0 Å². The van der Waals surface area contributed by atoms with Crippen molar-refractivity contribution in [2.45, 2.75) is 26.5 Å². The number of hydrogen-bond donors (Lipinski definition) is 1. The van der Waals surface area contributed by atoms with E-state index in [4.69, 9.17) is 14.2 Å². The molecule has 0 heterocycles. The zero-order valence-electron chi connectivity index (χ0n) is 17.5. The first-order valence-electron chi connectivity index (χ1n) is 10.1. The topological polar surface area (TPSA) is 39.7 Å². The van der Waals surface area contributed by atoms with Crippen molar-refractivity contribution in [1.82, 2.24) is 5.32 Å². The van der Waals surface area contributed by atoms with Crippen LogP contribution >= 0.6 is 15.9 Å². The van der Waals surface area contributed by atoms with Gasteiger partial charge in [-0.3, -0.25) is 0 Å². The highest BCUT2D eigenvalue weighted by Gasteiger charge is 2.11. The van der Waals surface area contributed by atoms with Gasteiger partial charge in [0.2, 0.25) is 0 Å². The summed E-state index contributed by atoms with van der Waals surface area (Å²) < 4.78 is 18.1. The lowest BCUT2D eigenvalue weighted by atomic mass is 10.1. The molecule has 3 rings (SSSR count). The van der Waals surface area contributed by atoms with Gasteiger partial charge in [0.05, 0.1) is 13.7 Å². The molecular weight excluding hydrogens is 442 g/mol. The summed E-state index contributed by atoms with van der Waals surface area (Å²) >= 11 is 3.68. The van der Waals surface area contributed by atoms with Crippen LogP contribution in [0.3, 0.4) is 0 Å². The molecule has 0 bridgehead atoms. The molecule has 158 valence electrons. The van der Waals surface area contributed by atoms with Crippen molar-refractivity contribution in [3.05, 3.63) is 87.9 Å². The first-order chi connectivity index (χ1) is 14.7. The maximum Gasteiger partial charge on any atom is 0.162 e. The van der Waals surface area contributed by atoms with E-state index in [1.807, 2.05) is 49.4 Å². The Morgan fingerprint density at radius 2 is 1.60 bits per heavy atom. The average Bonchev–Trinajstić information content (AvgIpc) is 2.78. The third-order valence-electron chi connectivity index (χ3n) is 4.71. The molecule has 0 aliphatic rings. The van der Waals surface area contributed by atoms with Gasteiger partial charge in [0.25, 0.3) is 0 Å². The molecule has 5 heteroatoms. The Hall–Kier alpha value is -2.50. The number of nitrogens with one attached hydrogen (secondary N) is 1. The maximum absolute atomic E-state index is 6.03. The average molecular weight is 470 g/mol. The molecule has 0 aliphatic heterocycles. The normalized spacial score (nSPS) is 10.6. The molecule has 3 aromatic rings. The summed E-state index contributed by atoms with van der Waals surface area (Å²) in [4.78, 5) is 0. The highest BCUT2D eigenvalue weighted by Crippen LogP contribution is 2.34. The van der Waals surface area contributed by atoms with Gasteiger partial charge < -0.3 is 19.5 Å². The lowest BCUT2D eigenvalue weighted by Crippen LogP contribution is -2.17. The van der Waals surface area contributed by atoms with E-state index in [1.54, 1.807) is 7.11 Å². The molecule has 3 aromatic carbocycles. The Morgan fingerprint density at radius 3 is 2.30 bits per heavy atom. The Kier molecular flexibility index (Phi) is 8.60. The predicted molar refractivity (Wildman–Crippen MR) is 124 cm³/mol. The van der Waals surface area contributed by atoms with Crippen LogP contribution in [0.4, 0.5) is 0 Å². The van der Waals surface area contributed by atoms with Crippen molar-refractivity contribution in [3.63, 3.8) is 0 Å². The second kappa shape index (κ2) is 11.6. The molecule has 0 saturated carbocycles. The molecule has 0 atom stereocenters. The summed E-state index contributed by atoms with van der Waals surface area (Å²) in [7, 11) is 1.68. The summed E-state index contributed by atoms with van der Waals surface area (Å²) in [5, 5.41) is 3.51. The molecule has 4 nitrogen and oxygen atoms in total. The van der Waals surface area contributed by atoms with E-state index in [0.717, 1.165) is 52.4 Å². The van der Waals surface area contributed by atoms with E-state index in [2.05, 4.69) is 45.5 Å². The first-order valence-corrected chi connectivity index (χ1v) is 10.9. The summed E-state index contributed by atoms with van der Waals surface area (Å²) in [5.41, 5.74) is 3.54. The van der Waals surface area contributed by atoms with E-state index >= 15 is 0 Å². The Bertz CT molecular complexity index is 914. The fourth-order valence-electron chi connectivity index (χ4n) is 3.08. The van der Waals surface area contributed by atoms with Gasteiger partial charge in [-0.1, -0.05) is 58.4 Å². The number of rotatable bonds is 11. The minimum Gasteiger partial charge on any atom is -0.497 e. The standard InChI is InChI=1S/C25H28BrNO3/c1-3-29-24-15-21(17-27-14-13-19-9-11-22(28-2)12-10-19)23(26)16-25(24)30-18-20-7-5-4-6-8-20/h4-12,15-16,27H,3,13-14,17-18H2,1-2H3. The van der Waals surface area contributed by atoms with Crippen molar-refractivity contribution in [1.29, 1.82) is 0 Å². The van der Waals surface area contributed by atoms with Crippen LogP contribution in [0.25, 0.3) is 0 Å². The zero-order valence-corrected chi connectivity index (χ0v) is 19.1. The van der Waals surface area contributed by atoms with E-state index in [1.165, 1.54) is 5.56 Å². The molecule has 0 radical (unpaired) electrons. The van der Waals surface area contributed by atoms with Crippen LogP contribution in [-0.2, 0) is 19.6 Å². The van der Waals surface area contributed by atoms with Gasteiger partial charge in [0, 0.05) is 11.0 Å². The van der Waals surface area contributed by atoms with Gasteiger partial charge in [0.15, 0.2) is 11.5 Å². The number of methoxy groups -OCH3 is 1. The van der Waals surface area contributed by atoms with Crippen LogP contribution in [-0.4, -0.2) is 20.3 Å². The van der Waals surface area contributed by atoms with E-state index < -0.39 is 0 Å². The fraction of sp³-hybridized carbons (Fsp3) is 0.280. The second-order valence-corrected chi connectivity index (χ2v) is 7.73. The number of benzene rings is 3. The zero-order chi connectivity index (χ0) is 21.2. The van der Waals surface area contributed by atoms with Crippen LogP contribution in [0.1, 0.15) is 23.6 Å². The van der Waals surface area contributed by atoms with E-state index in [0.29, 0.717) is 13.2 Å². The Labute approximate surface area is 187 Å². The lowest BCUT2D eigenvalue weighted by molar-refractivity contribution is 0.269. The predicted octanol–water partition coefficient (Wildman–Crippen LogP) is 5.77. The number of ether oxygens (including phenoxy) is 3. The SMILES string of the molecule is CCOc1cc(CNCCc2ccc(OC)cc2)c(Br)cc1OCc1ccccc1. The van der Waals surface area contributed by atoms with Crippen LogP contribution in [0.15, 0.2) is 71.2 Å². The summed E-state index contributed by atoms with van der Waals surface area (Å²) in [6.07, 6.45) is 0.957. The summed E-state index contributed by atoms with van der Waals surface area (Å²) in [5.74, 6) is 2.40. The monoisotopic (exact) mass is 469 g/mol. The molecule has 0 saturated heterocycles. The van der Waals surface area contributed by atoms with Gasteiger partial charge in [-0.05, 0) is 60.8 Å². The second-order valence-electron chi connectivity index (χ2n) is 6.87. The van der Waals surface area contributed by atoms with Gasteiger partial charge in [-0.15, -0.1) is 0 Å². The van der Waals surface area contributed by atoms with Gasteiger partial charge in [-0.2, -0.15) is 0 Å². The Balaban J connectivity index is 1.58. The summed E-state index contributed by atoms with van der Waals surface area (Å²) in [6.45, 7) is 4.71. The molecule has 1 N–H and O–H groups in total. The van der Waals surface area contributed by atoms with E-state index in [9.17, 15) is 0 Å². The summed E-state index contributed by atoms with van der Waals surface area (Å²) in [6, 6.07) is 22.4. The molecule has 0 amide bonds. The number of halogens is 1. The van der Waals surface area contributed by atoms with Crippen molar-refractivity contribution >= 4 is 15.9 Å². The van der Waals surface area contributed by atoms with Crippen LogP contribution < -0.4 is 19.5 Å². The van der Waals surface area contributed by atoms with Crippen molar-refractivity contribution < 1.29 is 14.2 Å². The lowest BCUT2D eigenvalue weighted by Gasteiger charge is -2.15. The molecule has 0 spiro atoms. The highest BCUT2D eigenvalue weighted by molar-refractivity contribution is 9.10. The Morgan fingerprint density at radius 1 is 0.867 bits per heavy atom. The largest absolute Gasteiger partial charge is 0.497 e. The van der Waals surface area contributed by atoms with Crippen LogP contribution in [0.5, 0.6) is 17.2 Å². The first kappa shape index (κ1) is 22.2. The van der Waals surface area contributed by atoms with Gasteiger partial charge >= 0.3 is 0 Å². The van der Waals surface area contributed by atoms with E-state index in [-0.39, 0.29) is 0 Å². The van der Waals surface area contributed by atoms with Crippen molar-refractivity contribution in [3.8, 4) is 17.2 Å².